The maximum atomic E-state index is 12.6. The summed E-state index contributed by atoms with van der Waals surface area (Å²) >= 11 is 0. The Morgan fingerprint density at radius 3 is 2.54 bits per heavy atom. The molecule has 136 valence electrons. The topological polar surface area (TPSA) is 92.6 Å². The molecule has 0 atom stereocenters. The van der Waals surface area contributed by atoms with E-state index in [2.05, 4.69) is 25.6 Å². The van der Waals surface area contributed by atoms with Gasteiger partial charge in [0.2, 0.25) is 5.82 Å². The van der Waals surface area contributed by atoms with Crippen LogP contribution in [0.2, 0.25) is 0 Å². The van der Waals surface area contributed by atoms with Gasteiger partial charge >= 0.3 is 0 Å². The monoisotopic (exact) mass is 353 g/mol. The molecule has 2 aromatic heterocycles. The third-order valence-electron chi connectivity index (χ3n) is 4.45. The van der Waals surface area contributed by atoms with Crippen LogP contribution in [0.4, 0.5) is 0 Å². The molecule has 3 rings (SSSR count). The van der Waals surface area contributed by atoms with Gasteiger partial charge in [-0.15, -0.1) is 10.2 Å². The largest absolute Gasteiger partial charge is 0.342 e. The number of carbonyl (C=O) groups is 1. The number of nitrogens with zero attached hydrogens (tertiary/aromatic N) is 6. The van der Waals surface area contributed by atoms with Crippen LogP contribution in [0.15, 0.2) is 24.3 Å². The van der Waals surface area contributed by atoms with Crippen molar-refractivity contribution in [3.05, 3.63) is 46.8 Å². The Kier molecular flexibility index (Phi) is 5.11. The maximum Gasteiger partial charge on any atom is 0.253 e. The zero-order valence-corrected chi connectivity index (χ0v) is 15.5. The Hall–Kier alpha value is -3.03. The van der Waals surface area contributed by atoms with Crippen LogP contribution in [0.5, 0.6) is 0 Å². The summed E-state index contributed by atoms with van der Waals surface area (Å²) in [5, 5.41) is 19.2. The number of hydrogen-bond donors (Lipinski definition) is 1. The fraction of sp³-hybridized carbons (Fsp3) is 0.389. The molecule has 0 aliphatic carbocycles. The lowest BCUT2D eigenvalue weighted by Crippen LogP contribution is -2.28. The second kappa shape index (κ2) is 7.47. The molecule has 2 heterocycles. The highest BCUT2D eigenvalue weighted by atomic mass is 16.2. The third-order valence-corrected chi connectivity index (χ3v) is 4.45. The molecule has 26 heavy (non-hydrogen) atoms. The van der Waals surface area contributed by atoms with E-state index in [4.69, 9.17) is 0 Å². The SMILES string of the molecule is Cc1n[nH]c(C)c1CCCN(C)C(=O)c1ccc(-c2nnn(C)n2)cc1. The predicted octanol–water partition coefficient (Wildman–Crippen LogP) is 1.92. The molecule has 0 bridgehead atoms. The van der Waals surface area contributed by atoms with Gasteiger partial charge in [0, 0.05) is 30.4 Å². The second-order valence-corrected chi connectivity index (χ2v) is 6.42. The summed E-state index contributed by atoms with van der Waals surface area (Å²) < 4.78 is 0. The molecule has 0 saturated carbocycles. The number of aryl methyl sites for hydroxylation is 3. The second-order valence-electron chi connectivity index (χ2n) is 6.42. The number of aromatic amines is 1. The van der Waals surface area contributed by atoms with Crippen molar-refractivity contribution < 1.29 is 4.79 Å². The highest BCUT2D eigenvalue weighted by Gasteiger charge is 2.13. The molecule has 3 aromatic rings. The Labute approximate surface area is 152 Å². The quantitative estimate of drug-likeness (QED) is 0.731. The smallest absolute Gasteiger partial charge is 0.253 e. The highest BCUT2D eigenvalue weighted by molar-refractivity contribution is 5.94. The zero-order chi connectivity index (χ0) is 18.7. The number of carbonyl (C=O) groups excluding carboxylic acids is 1. The van der Waals surface area contributed by atoms with Crippen molar-refractivity contribution in [1.82, 2.24) is 35.3 Å². The summed E-state index contributed by atoms with van der Waals surface area (Å²) in [6.07, 6.45) is 1.80. The van der Waals surface area contributed by atoms with Crippen LogP contribution in [0, 0.1) is 13.8 Å². The fourth-order valence-corrected chi connectivity index (χ4v) is 2.92. The van der Waals surface area contributed by atoms with Gasteiger partial charge in [0.25, 0.3) is 5.91 Å². The molecule has 0 saturated heterocycles. The summed E-state index contributed by atoms with van der Waals surface area (Å²) in [7, 11) is 3.55. The molecule has 8 heteroatoms. The van der Waals surface area contributed by atoms with Crippen molar-refractivity contribution in [2.75, 3.05) is 13.6 Å². The Morgan fingerprint density at radius 2 is 1.96 bits per heavy atom. The zero-order valence-electron chi connectivity index (χ0n) is 15.5. The number of rotatable bonds is 6. The van der Waals surface area contributed by atoms with Gasteiger partial charge in [-0.2, -0.15) is 9.90 Å². The number of H-pyrrole nitrogens is 1. The number of nitrogens with one attached hydrogen (secondary N) is 1. The van der Waals surface area contributed by atoms with Gasteiger partial charge < -0.3 is 4.90 Å². The number of tetrazole rings is 1. The summed E-state index contributed by atoms with van der Waals surface area (Å²) in [5.41, 5.74) is 4.86. The van der Waals surface area contributed by atoms with Crippen molar-refractivity contribution in [2.45, 2.75) is 26.7 Å². The van der Waals surface area contributed by atoms with Crippen molar-refractivity contribution >= 4 is 5.91 Å². The first-order valence-electron chi connectivity index (χ1n) is 8.56. The number of benzene rings is 1. The van der Waals surface area contributed by atoms with Crippen molar-refractivity contribution in [1.29, 1.82) is 0 Å². The van der Waals surface area contributed by atoms with Crippen LogP contribution >= 0.6 is 0 Å². The van der Waals surface area contributed by atoms with E-state index in [0.717, 1.165) is 29.8 Å². The molecule has 1 N–H and O–H groups in total. The molecule has 0 aliphatic heterocycles. The van der Waals surface area contributed by atoms with Crippen LogP contribution in [0.25, 0.3) is 11.4 Å². The lowest BCUT2D eigenvalue weighted by molar-refractivity contribution is 0.0793. The molecule has 0 spiro atoms. The minimum atomic E-state index is 0.00397. The molecule has 1 aromatic carbocycles. The number of amides is 1. The van der Waals surface area contributed by atoms with Crippen LogP contribution in [0.1, 0.15) is 33.7 Å². The molecule has 0 aliphatic rings. The highest BCUT2D eigenvalue weighted by Crippen LogP contribution is 2.16. The molecular formula is C18H23N7O. The summed E-state index contributed by atoms with van der Waals surface area (Å²) in [6.45, 7) is 4.72. The molecule has 0 unspecified atom stereocenters. The first kappa shape index (κ1) is 17.8. The minimum absolute atomic E-state index is 0.00397. The van der Waals surface area contributed by atoms with Gasteiger partial charge in [0.15, 0.2) is 0 Å². The van der Waals surface area contributed by atoms with Crippen LogP contribution in [-0.4, -0.2) is 54.8 Å². The summed E-state index contributed by atoms with van der Waals surface area (Å²) in [6, 6.07) is 7.29. The van der Waals surface area contributed by atoms with Gasteiger partial charge in [-0.3, -0.25) is 9.89 Å². The van der Waals surface area contributed by atoms with Gasteiger partial charge in [-0.05, 0) is 49.6 Å². The average Bonchev–Trinajstić information content (AvgIpc) is 3.21. The fourth-order valence-electron chi connectivity index (χ4n) is 2.92. The molecule has 0 fully saturated rings. The van der Waals surface area contributed by atoms with Crippen molar-refractivity contribution in [2.24, 2.45) is 7.05 Å². The van der Waals surface area contributed by atoms with E-state index >= 15 is 0 Å². The predicted molar refractivity (Wildman–Crippen MR) is 97.6 cm³/mol. The Bertz CT molecular complexity index is 875. The number of aromatic nitrogens is 6. The van der Waals surface area contributed by atoms with E-state index in [1.165, 1.54) is 10.4 Å². The standard InChI is InChI=1S/C18H23N7O/c1-12-16(13(2)20-19-12)6-5-11-24(3)18(26)15-9-7-14(8-10-15)17-21-23-25(4)22-17/h7-10H,5-6,11H2,1-4H3,(H,19,20). The van der Waals surface area contributed by atoms with E-state index in [-0.39, 0.29) is 5.91 Å². The average molecular weight is 353 g/mol. The lowest BCUT2D eigenvalue weighted by Gasteiger charge is -2.17. The summed E-state index contributed by atoms with van der Waals surface area (Å²) in [4.78, 5) is 15.7. The van der Waals surface area contributed by atoms with Crippen molar-refractivity contribution in [3.63, 3.8) is 0 Å². The minimum Gasteiger partial charge on any atom is -0.342 e. The molecule has 8 nitrogen and oxygen atoms in total. The summed E-state index contributed by atoms with van der Waals surface area (Å²) in [5.74, 6) is 0.551. The Balaban J connectivity index is 1.58. The molecule has 0 radical (unpaired) electrons. The normalized spacial score (nSPS) is 10.9. The van der Waals surface area contributed by atoms with Crippen LogP contribution in [0.3, 0.4) is 0 Å². The van der Waals surface area contributed by atoms with E-state index < -0.39 is 0 Å². The van der Waals surface area contributed by atoms with Gasteiger partial charge in [-0.1, -0.05) is 12.1 Å². The first-order valence-corrected chi connectivity index (χ1v) is 8.56. The van der Waals surface area contributed by atoms with Gasteiger partial charge in [0.1, 0.15) is 0 Å². The van der Waals surface area contributed by atoms with Crippen LogP contribution in [-0.2, 0) is 13.5 Å². The Morgan fingerprint density at radius 1 is 1.23 bits per heavy atom. The van der Waals surface area contributed by atoms with Crippen LogP contribution < -0.4 is 0 Å². The maximum absolute atomic E-state index is 12.6. The lowest BCUT2D eigenvalue weighted by atomic mass is 10.1. The van der Waals surface area contributed by atoms with E-state index in [9.17, 15) is 4.79 Å². The van der Waals surface area contributed by atoms with E-state index in [1.807, 2.05) is 33.0 Å². The van der Waals surface area contributed by atoms with Gasteiger partial charge in [-0.25, -0.2) is 0 Å². The molecule has 1 amide bonds. The third kappa shape index (κ3) is 3.79. The number of hydrogen-bond acceptors (Lipinski definition) is 5. The first-order chi connectivity index (χ1) is 12.5. The van der Waals surface area contributed by atoms with Gasteiger partial charge in [0.05, 0.1) is 12.7 Å². The molecular weight excluding hydrogens is 330 g/mol. The van der Waals surface area contributed by atoms with E-state index in [1.54, 1.807) is 24.1 Å². The van der Waals surface area contributed by atoms with Crippen molar-refractivity contribution in [3.8, 4) is 11.4 Å². The van der Waals surface area contributed by atoms with E-state index in [0.29, 0.717) is 17.9 Å².